The summed E-state index contributed by atoms with van der Waals surface area (Å²) in [4.78, 5) is 0. The summed E-state index contributed by atoms with van der Waals surface area (Å²) in [7, 11) is 0. The van der Waals surface area contributed by atoms with Gasteiger partial charge in [-0.15, -0.1) is 0 Å². The molecule has 0 saturated carbocycles. The van der Waals surface area contributed by atoms with Crippen LogP contribution in [0.3, 0.4) is 0 Å². The molecule has 0 radical (unpaired) electrons. The quantitative estimate of drug-likeness (QED) is 0.844. The second kappa shape index (κ2) is 5.92. The number of aliphatic hydroxyl groups excluding tert-OH is 1. The molecule has 2 N–H and O–H groups in total. The average molecular weight is 285 g/mol. The number of hydrogen-bond donors (Lipinski definition) is 2. The van der Waals surface area contributed by atoms with E-state index >= 15 is 0 Å². The monoisotopic (exact) mass is 285 g/mol. The highest BCUT2D eigenvalue weighted by atomic mass is 19.2. The summed E-state index contributed by atoms with van der Waals surface area (Å²) >= 11 is 0. The van der Waals surface area contributed by atoms with Gasteiger partial charge in [0.15, 0.2) is 11.6 Å². The third-order valence-corrected chi connectivity index (χ3v) is 2.77. The SMILES string of the molecule is OC(CNc1cccc(F)c1F)c1c(F)cccc1F. The van der Waals surface area contributed by atoms with Crippen LogP contribution in [-0.2, 0) is 0 Å². The highest BCUT2D eigenvalue weighted by Gasteiger charge is 2.18. The molecule has 2 nitrogen and oxygen atoms in total. The van der Waals surface area contributed by atoms with Crippen molar-refractivity contribution >= 4 is 5.69 Å². The first-order chi connectivity index (χ1) is 9.50. The van der Waals surface area contributed by atoms with E-state index < -0.39 is 34.9 Å². The maximum atomic E-state index is 13.4. The number of nitrogens with one attached hydrogen (secondary N) is 1. The molecule has 1 atom stereocenters. The van der Waals surface area contributed by atoms with Gasteiger partial charge in [-0.25, -0.2) is 17.6 Å². The molecule has 106 valence electrons. The van der Waals surface area contributed by atoms with Gasteiger partial charge in [-0.05, 0) is 24.3 Å². The molecule has 0 bridgehead atoms. The predicted octanol–water partition coefficient (Wildman–Crippen LogP) is 3.39. The molecule has 2 aromatic rings. The molecule has 20 heavy (non-hydrogen) atoms. The minimum atomic E-state index is -1.53. The first-order valence-corrected chi connectivity index (χ1v) is 5.80. The molecule has 1 unspecified atom stereocenters. The Bertz CT molecular complexity index is 598. The van der Waals surface area contributed by atoms with Gasteiger partial charge in [0.25, 0.3) is 0 Å². The Balaban J connectivity index is 2.13. The zero-order chi connectivity index (χ0) is 14.7. The Morgan fingerprint density at radius 3 is 2.10 bits per heavy atom. The van der Waals surface area contributed by atoms with E-state index in [1.807, 2.05) is 0 Å². The lowest BCUT2D eigenvalue weighted by Gasteiger charge is -2.15. The molecule has 2 rings (SSSR count). The maximum absolute atomic E-state index is 13.4. The number of anilines is 1. The highest BCUT2D eigenvalue weighted by molar-refractivity contribution is 5.45. The summed E-state index contributed by atoms with van der Waals surface area (Å²) in [6.45, 7) is -0.363. The van der Waals surface area contributed by atoms with Crippen LogP contribution < -0.4 is 5.32 Å². The van der Waals surface area contributed by atoms with Crippen LogP contribution >= 0.6 is 0 Å². The molecule has 0 saturated heterocycles. The van der Waals surface area contributed by atoms with Gasteiger partial charge >= 0.3 is 0 Å². The lowest BCUT2D eigenvalue weighted by atomic mass is 10.1. The normalized spacial score (nSPS) is 12.2. The Morgan fingerprint density at radius 2 is 1.45 bits per heavy atom. The van der Waals surface area contributed by atoms with Crippen LogP contribution in [-0.4, -0.2) is 11.7 Å². The summed E-state index contributed by atoms with van der Waals surface area (Å²) in [5, 5.41) is 12.2. The van der Waals surface area contributed by atoms with Crippen LogP contribution in [0.1, 0.15) is 11.7 Å². The lowest BCUT2D eigenvalue weighted by molar-refractivity contribution is 0.181. The Labute approximate surface area is 112 Å². The van der Waals surface area contributed by atoms with Crippen molar-refractivity contribution in [3.63, 3.8) is 0 Å². The van der Waals surface area contributed by atoms with Gasteiger partial charge in [0.2, 0.25) is 0 Å². The fraction of sp³-hybridized carbons (Fsp3) is 0.143. The summed E-state index contributed by atoms with van der Waals surface area (Å²) in [6, 6.07) is 6.64. The zero-order valence-electron chi connectivity index (χ0n) is 10.2. The van der Waals surface area contributed by atoms with Gasteiger partial charge in [0.05, 0.1) is 11.3 Å². The summed E-state index contributed by atoms with van der Waals surface area (Å²) < 4.78 is 53.1. The summed E-state index contributed by atoms with van der Waals surface area (Å²) in [6.07, 6.45) is -1.53. The van der Waals surface area contributed by atoms with E-state index in [1.165, 1.54) is 18.2 Å². The van der Waals surface area contributed by atoms with Gasteiger partial charge < -0.3 is 10.4 Å². The van der Waals surface area contributed by atoms with Crippen molar-refractivity contribution in [2.45, 2.75) is 6.10 Å². The minimum absolute atomic E-state index is 0.194. The molecule has 0 aliphatic heterocycles. The predicted molar refractivity (Wildman–Crippen MR) is 66.2 cm³/mol. The Hall–Kier alpha value is -2.08. The number of hydrogen-bond acceptors (Lipinski definition) is 2. The summed E-state index contributed by atoms with van der Waals surface area (Å²) in [5.41, 5.74) is -0.711. The van der Waals surface area contributed by atoms with E-state index in [2.05, 4.69) is 5.32 Å². The van der Waals surface area contributed by atoms with Crippen molar-refractivity contribution < 1.29 is 22.7 Å². The fourth-order valence-corrected chi connectivity index (χ4v) is 1.78. The van der Waals surface area contributed by atoms with Crippen LogP contribution in [0.25, 0.3) is 0 Å². The minimum Gasteiger partial charge on any atom is -0.386 e. The van der Waals surface area contributed by atoms with E-state index in [4.69, 9.17) is 0 Å². The molecule has 0 amide bonds. The first kappa shape index (κ1) is 14.3. The standard InChI is InChI=1S/C14H11F4NO/c15-8-3-1-4-9(16)13(8)12(20)7-19-11-6-2-5-10(17)14(11)18/h1-6,12,19-20H,7H2. The van der Waals surface area contributed by atoms with E-state index in [0.717, 1.165) is 18.2 Å². The number of rotatable bonds is 4. The van der Waals surface area contributed by atoms with E-state index in [-0.39, 0.29) is 12.2 Å². The second-order valence-corrected chi connectivity index (χ2v) is 4.13. The van der Waals surface area contributed by atoms with Crippen molar-refractivity contribution in [2.24, 2.45) is 0 Å². The lowest BCUT2D eigenvalue weighted by Crippen LogP contribution is -2.16. The number of benzene rings is 2. The molecule has 0 heterocycles. The third-order valence-electron chi connectivity index (χ3n) is 2.77. The zero-order valence-corrected chi connectivity index (χ0v) is 10.2. The topological polar surface area (TPSA) is 32.3 Å². The fourth-order valence-electron chi connectivity index (χ4n) is 1.78. The molecule has 0 aromatic heterocycles. The smallest absolute Gasteiger partial charge is 0.181 e. The van der Waals surface area contributed by atoms with Crippen molar-refractivity contribution in [3.8, 4) is 0 Å². The third kappa shape index (κ3) is 2.91. The van der Waals surface area contributed by atoms with Crippen LogP contribution in [0, 0.1) is 23.3 Å². The average Bonchev–Trinajstić information content (AvgIpc) is 2.40. The van der Waals surface area contributed by atoms with Crippen molar-refractivity contribution in [1.29, 1.82) is 0 Å². The number of aliphatic hydroxyl groups is 1. The van der Waals surface area contributed by atoms with Crippen molar-refractivity contribution in [2.75, 3.05) is 11.9 Å². The summed E-state index contributed by atoms with van der Waals surface area (Å²) in [5.74, 6) is -3.98. The Kier molecular flexibility index (Phi) is 4.24. The van der Waals surface area contributed by atoms with Gasteiger partial charge in [0, 0.05) is 6.54 Å². The van der Waals surface area contributed by atoms with Crippen LogP contribution in [0.4, 0.5) is 23.2 Å². The largest absolute Gasteiger partial charge is 0.386 e. The molecule has 0 fully saturated rings. The van der Waals surface area contributed by atoms with Crippen molar-refractivity contribution in [1.82, 2.24) is 0 Å². The van der Waals surface area contributed by atoms with E-state index in [9.17, 15) is 22.7 Å². The van der Waals surface area contributed by atoms with Gasteiger partial charge in [-0.3, -0.25) is 0 Å². The van der Waals surface area contributed by atoms with Gasteiger partial charge in [0.1, 0.15) is 17.7 Å². The van der Waals surface area contributed by atoms with Crippen LogP contribution in [0.2, 0.25) is 0 Å². The second-order valence-electron chi connectivity index (χ2n) is 4.13. The highest BCUT2D eigenvalue weighted by Crippen LogP contribution is 2.22. The molecule has 2 aromatic carbocycles. The van der Waals surface area contributed by atoms with Gasteiger partial charge in [-0.1, -0.05) is 12.1 Å². The molecule has 0 aliphatic rings. The molecule has 0 aliphatic carbocycles. The van der Waals surface area contributed by atoms with E-state index in [1.54, 1.807) is 0 Å². The molecular formula is C14H11F4NO. The van der Waals surface area contributed by atoms with Crippen molar-refractivity contribution in [3.05, 3.63) is 65.2 Å². The molecule has 0 spiro atoms. The first-order valence-electron chi connectivity index (χ1n) is 5.80. The van der Waals surface area contributed by atoms with Crippen LogP contribution in [0.15, 0.2) is 36.4 Å². The van der Waals surface area contributed by atoms with Gasteiger partial charge in [-0.2, -0.15) is 0 Å². The van der Waals surface area contributed by atoms with Crippen LogP contribution in [0.5, 0.6) is 0 Å². The molecular weight excluding hydrogens is 274 g/mol. The molecule has 6 heteroatoms. The number of halogens is 4. The van der Waals surface area contributed by atoms with E-state index in [0.29, 0.717) is 0 Å². The maximum Gasteiger partial charge on any atom is 0.181 e. The Morgan fingerprint density at radius 1 is 0.900 bits per heavy atom.